The Kier molecular flexibility index (Phi) is 6.53. The SMILES string of the molecule is CCn1c(SCC(=O)NCc2cccc(Cl)c2)nnc1-c1ccccc1C. The molecule has 3 aromatic rings. The predicted octanol–water partition coefficient (Wildman–Crippen LogP) is 4.34. The minimum absolute atomic E-state index is 0.0527. The Morgan fingerprint density at radius 1 is 1.19 bits per heavy atom. The monoisotopic (exact) mass is 400 g/mol. The number of aromatic nitrogens is 3. The molecule has 1 heterocycles. The molecular weight excluding hydrogens is 380 g/mol. The van der Waals surface area contributed by atoms with E-state index in [0.29, 0.717) is 11.6 Å². The van der Waals surface area contributed by atoms with Gasteiger partial charge in [0, 0.05) is 23.7 Å². The zero-order valence-corrected chi connectivity index (χ0v) is 16.8. The van der Waals surface area contributed by atoms with Gasteiger partial charge in [-0.25, -0.2) is 0 Å². The largest absolute Gasteiger partial charge is 0.351 e. The van der Waals surface area contributed by atoms with Crippen molar-refractivity contribution in [2.24, 2.45) is 0 Å². The Morgan fingerprint density at radius 3 is 2.74 bits per heavy atom. The number of carbonyl (C=O) groups is 1. The highest BCUT2D eigenvalue weighted by atomic mass is 35.5. The highest BCUT2D eigenvalue weighted by molar-refractivity contribution is 7.99. The molecule has 0 aliphatic carbocycles. The minimum atomic E-state index is -0.0527. The third-order valence-corrected chi connectivity index (χ3v) is 5.33. The number of nitrogens with zero attached hydrogens (tertiary/aromatic N) is 3. The summed E-state index contributed by atoms with van der Waals surface area (Å²) in [6, 6.07) is 15.6. The van der Waals surface area contributed by atoms with Crippen LogP contribution in [0.15, 0.2) is 53.7 Å². The summed E-state index contributed by atoms with van der Waals surface area (Å²) in [6.45, 7) is 5.30. The maximum absolute atomic E-state index is 12.2. The zero-order valence-electron chi connectivity index (χ0n) is 15.3. The number of halogens is 1. The molecule has 0 fully saturated rings. The van der Waals surface area contributed by atoms with E-state index in [0.717, 1.165) is 34.2 Å². The minimum Gasteiger partial charge on any atom is -0.351 e. The summed E-state index contributed by atoms with van der Waals surface area (Å²) < 4.78 is 2.04. The number of carbonyl (C=O) groups excluding carboxylic acids is 1. The molecule has 0 spiro atoms. The number of hydrogen-bond donors (Lipinski definition) is 1. The Bertz CT molecular complexity index is 941. The fraction of sp³-hybridized carbons (Fsp3) is 0.250. The molecule has 1 aromatic heterocycles. The van der Waals surface area contributed by atoms with Gasteiger partial charge in [0.1, 0.15) is 0 Å². The maximum Gasteiger partial charge on any atom is 0.230 e. The van der Waals surface area contributed by atoms with Crippen LogP contribution in [0.25, 0.3) is 11.4 Å². The van der Waals surface area contributed by atoms with Crippen molar-refractivity contribution in [3.63, 3.8) is 0 Å². The standard InChI is InChI=1S/C20H21ClN4OS/c1-3-25-19(17-10-5-4-7-14(17)2)23-24-20(25)27-13-18(26)22-12-15-8-6-9-16(21)11-15/h4-11H,3,12-13H2,1-2H3,(H,22,26). The number of nitrogens with one attached hydrogen (secondary N) is 1. The summed E-state index contributed by atoms with van der Waals surface area (Å²) in [5.41, 5.74) is 3.18. The molecule has 0 unspecified atom stereocenters. The van der Waals surface area contributed by atoms with Crippen LogP contribution in [0.2, 0.25) is 5.02 Å². The first kappa shape index (κ1) is 19.5. The summed E-state index contributed by atoms with van der Waals surface area (Å²) in [5.74, 6) is 1.06. The van der Waals surface area contributed by atoms with E-state index in [1.165, 1.54) is 11.8 Å². The van der Waals surface area contributed by atoms with Gasteiger partial charge in [-0.1, -0.05) is 59.8 Å². The fourth-order valence-corrected chi connectivity index (χ4v) is 3.78. The average Bonchev–Trinajstić information content (AvgIpc) is 3.08. The van der Waals surface area contributed by atoms with Gasteiger partial charge in [-0.15, -0.1) is 10.2 Å². The van der Waals surface area contributed by atoms with Crippen molar-refractivity contribution in [3.8, 4) is 11.4 Å². The van der Waals surface area contributed by atoms with Gasteiger partial charge in [0.05, 0.1) is 5.75 Å². The fourth-order valence-electron chi connectivity index (χ4n) is 2.73. The smallest absolute Gasteiger partial charge is 0.230 e. The average molecular weight is 401 g/mol. The third-order valence-electron chi connectivity index (χ3n) is 4.13. The molecule has 0 bridgehead atoms. The van der Waals surface area contributed by atoms with Crippen LogP contribution < -0.4 is 5.32 Å². The normalized spacial score (nSPS) is 10.8. The number of amides is 1. The topological polar surface area (TPSA) is 59.8 Å². The van der Waals surface area contributed by atoms with E-state index in [1.807, 2.05) is 47.0 Å². The molecule has 0 atom stereocenters. The van der Waals surface area contributed by atoms with Gasteiger partial charge >= 0.3 is 0 Å². The number of hydrogen-bond acceptors (Lipinski definition) is 4. The Morgan fingerprint density at radius 2 is 2.00 bits per heavy atom. The van der Waals surface area contributed by atoms with E-state index < -0.39 is 0 Å². The molecule has 0 saturated carbocycles. The van der Waals surface area contributed by atoms with Crippen molar-refractivity contribution in [2.45, 2.75) is 32.1 Å². The first-order valence-corrected chi connectivity index (χ1v) is 10.1. The molecule has 3 rings (SSSR count). The van der Waals surface area contributed by atoms with E-state index in [-0.39, 0.29) is 11.7 Å². The second-order valence-electron chi connectivity index (χ2n) is 6.06. The van der Waals surface area contributed by atoms with E-state index in [9.17, 15) is 4.79 Å². The van der Waals surface area contributed by atoms with Gasteiger partial charge in [0.2, 0.25) is 5.91 Å². The van der Waals surface area contributed by atoms with Crippen molar-refractivity contribution in [3.05, 3.63) is 64.7 Å². The van der Waals surface area contributed by atoms with Gasteiger partial charge in [-0.05, 0) is 37.1 Å². The molecule has 2 aromatic carbocycles. The number of aryl methyl sites for hydroxylation is 1. The Hall–Kier alpha value is -2.31. The number of thioether (sulfide) groups is 1. The van der Waals surface area contributed by atoms with Crippen LogP contribution in [-0.2, 0) is 17.9 Å². The molecule has 1 amide bonds. The number of benzene rings is 2. The van der Waals surface area contributed by atoms with Gasteiger partial charge in [0.15, 0.2) is 11.0 Å². The zero-order chi connectivity index (χ0) is 19.2. The summed E-state index contributed by atoms with van der Waals surface area (Å²) >= 11 is 7.35. The summed E-state index contributed by atoms with van der Waals surface area (Å²) in [7, 11) is 0. The molecule has 27 heavy (non-hydrogen) atoms. The molecule has 0 saturated heterocycles. The van der Waals surface area contributed by atoms with Crippen LogP contribution in [0.3, 0.4) is 0 Å². The predicted molar refractivity (Wildman–Crippen MR) is 110 cm³/mol. The highest BCUT2D eigenvalue weighted by Crippen LogP contribution is 2.26. The van der Waals surface area contributed by atoms with Crippen molar-refractivity contribution >= 4 is 29.3 Å². The highest BCUT2D eigenvalue weighted by Gasteiger charge is 2.15. The molecule has 0 radical (unpaired) electrons. The maximum atomic E-state index is 12.2. The summed E-state index contributed by atoms with van der Waals surface area (Å²) in [5, 5.41) is 12.9. The Labute approximate surface area is 168 Å². The molecular formula is C20H21ClN4OS. The summed E-state index contributed by atoms with van der Waals surface area (Å²) in [6.07, 6.45) is 0. The van der Waals surface area contributed by atoms with Crippen molar-refractivity contribution in [1.82, 2.24) is 20.1 Å². The van der Waals surface area contributed by atoms with Crippen molar-refractivity contribution in [1.29, 1.82) is 0 Å². The molecule has 1 N–H and O–H groups in total. The Balaban J connectivity index is 1.63. The van der Waals surface area contributed by atoms with Gasteiger partial charge in [-0.3, -0.25) is 4.79 Å². The second kappa shape index (κ2) is 9.06. The lowest BCUT2D eigenvalue weighted by Crippen LogP contribution is -2.24. The quantitative estimate of drug-likeness (QED) is 0.599. The van der Waals surface area contributed by atoms with Crippen LogP contribution in [0.4, 0.5) is 0 Å². The molecule has 0 aliphatic heterocycles. The van der Waals surface area contributed by atoms with Gasteiger partial charge in [-0.2, -0.15) is 0 Å². The van der Waals surface area contributed by atoms with Crippen molar-refractivity contribution in [2.75, 3.05) is 5.75 Å². The van der Waals surface area contributed by atoms with Crippen LogP contribution in [0.5, 0.6) is 0 Å². The van der Waals surface area contributed by atoms with Crippen LogP contribution in [0, 0.1) is 6.92 Å². The van der Waals surface area contributed by atoms with E-state index in [4.69, 9.17) is 11.6 Å². The molecule has 7 heteroatoms. The van der Waals surface area contributed by atoms with Crippen molar-refractivity contribution < 1.29 is 4.79 Å². The van der Waals surface area contributed by atoms with Gasteiger partial charge in [0.25, 0.3) is 0 Å². The van der Waals surface area contributed by atoms with Crippen LogP contribution in [0.1, 0.15) is 18.1 Å². The van der Waals surface area contributed by atoms with E-state index in [2.05, 4.69) is 35.4 Å². The molecule has 0 aliphatic rings. The first-order valence-electron chi connectivity index (χ1n) is 8.71. The molecule has 5 nitrogen and oxygen atoms in total. The molecule has 140 valence electrons. The van der Waals surface area contributed by atoms with E-state index in [1.54, 1.807) is 0 Å². The van der Waals surface area contributed by atoms with Crippen LogP contribution >= 0.6 is 23.4 Å². The summed E-state index contributed by atoms with van der Waals surface area (Å²) in [4.78, 5) is 12.2. The third kappa shape index (κ3) is 4.90. The number of rotatable bonds is 7. The van der Waals surface area contributed by atoms with Crippen LogP contribution in [-0.4, -0.2) is 26.4 Å². The van der Waals surface area contributed by atoms with E-state index >= 15 is 0 Å². The van der Waals surface area contributed by atoms with Gasteiger partial charge < -0.3 is 9.88 Å². The lowest BCUT2D eigenvalue weighted by molar-refractivity contribution is -0.118. The lowest BCUT2D eigenvalue weighted by Gasteiger charge is -2.09. The lowest BCUT2D eigenvalue weighted by atomic mass is 10.1. The first-order chi connectivity index (χ1) is 13.1. The second-order valence-corrected chi connectivity index (χ2v) is 7.44.